The lowest BCUT2D eigenvalue weighted by Gasteiger charge is -2.19. The molecule has 1 aromatic carbocycles. The van der Waals surface area contributed by atoms with Crippen LogP contribution in [0.15, 0.2) is 29.4 Å². The largest absolute Gasteiger partial charge is 0.444 e. The smallest absolute Gasteiger partial charge is 0.413 e. The first-order valence-corrected chi connectivity index (χ1v) is 7.74. The van der Waals surface area contributed by atoms with Crippen molar-refractivity contribution in [3.63, 3.8) is 0 Å². The maximum atomic E-state index is 11.7. The van der Waals surface area contributed by atoms with Gasteiger partial charge in [-0.15, -0.1) is 0 Å². The minimum absolute atomic E-state index is 0.0648. The second kappa shape index (κ2) is 7.33. The first-order chi connectivity index (χ1) is 11.6. The van der Waals surface area contributed by atoms with Gasteiger partial charge in [0.1, 0.15) is 11.4 Å². The van der Waals surface area contributed by atoms with E-state index in [4.69, 9.17) is 19.7 Å². The zero-order chi connectivity index (χ0) is 18.6. The highest BCUT2D eigenvalue weighted by Gasteiger charge is 2.25. The van der Waals surface area contributed by atoms with Crippen molar-refractivity contribution in [3.05, 3.63) is 35.4 Å². The normalized spacial score (nSPS) is 16.5. The van der Waals surface area contributed by atoms with Crippen molar-refractivity contribution < 1.29 is 23.9 Å². The number of carbonyl (C=O) groups excluding carboxylic acids is 2. The lowest BCUT2D eigenvalue weighted by Crippen LogP contribution is -2.36. The molecule has 25 heavy (non-hydrogen) atoms. The van der Waals surface area contributed by atoms with Gasteiger partial charge in [0.25, 0.3) is 0 Å². The maximum absolute atomic E-state index is 11.7. The summed E-state index contributed by atoms with van der Waals surface area (Å²) in [5.41, 5.74) is 0.710. The van der Waals surface area contributed by atoms with Gasteiger partial charge in [-0.1, -0.05) is 29.4 Å². The number of esters is 1. The summed E-state index contributed by atoms with van der Waals surface area (Å²) in [7, 11) is 0. The quantitative estimate of drug-likeness (QED) is 0.485. The fourth-order valence-corrected chi connectivity index (χ4v) is 2.10. The van der Waals surface area contributed by atoms with Crippen LogP contribution in [-0.2, 0) is 19.1 Å². The summed E-state index contributed by atoms with van der Waals surface area (Å²) in [6.07, 6.45) is -0.677. The van der Waals surface area contributed by atoms with Gasteiger partial charge in [0, 0.05) is 12.5 Å². The van der Waals surface area contributed by atoms with Gasteiger partial charge in [0.05, 0.1) is 6.42 Å². The molecule has 0 aromatic heterocycles. The van der Waals surface area contributed by atoms with Crippen LogP contribution in [0.25, 0.3) is 0 Å². The van der Waals surface area contributed by atoms with Crippen LogP contribution in [-0.4, -0.2) is 29.4 Å². The number of ether oxygens (including phenoxy) is 2. The van der Waals surface area contributed by atoms with Crippen LogP contribution in [0.3, 0.4) is 0 Å². The molecule has 0 saturated carbocycles. The number of hydrogen-bond acceptors (Lipinski definition) is 7. The van der Waals surface area contributed by atoms with Crippen molar-refractivity contribution in [1.29, 1.82) is 5.41 Å². The van der Waals surface area contributed by atoms with Gasteiger partial charge < -0.3 is 14.3 Å². The Bertz CT molecular complexity index is 704. The molecule has 0 fully saturated rings. The van der Waals surface area contributed by atoms with Gasteiger partial charge in [-0.3, -0.25) is 15.5 Å². The number of amides is 1. The van der Waals surface area contributed by atoms with E-state index in [1.807, 2.05) is 0 Å². The molecule has 0 spiro atoms. The molecule has 1 aromatic rings. The van der Waals surface area contributed by atoms with Crippen LogP contribution in [0, 0.1) is 5.41 Å². The molecule has 134 valence electrons. The average molecular weight is 347 g/mol. The van der Waals surface area contributed by atoms with Gasteiger partial charge >= 0.3 is 12.1 Å². The van der Waals surface area contributed by atoms with E-state index in [1.54, 1.807) is 45.0 Å². The van der Waals surface area contributed by atoms with Crippen molar-refractivity contribution in [3.8, 4) is 0 Å². The molecule has 0 aliphatic carbocycles. The van der Waals surface area contributed by atoms with E-state index in [0.717, 1.165) is 5.56 Å². The molecule has 1 unspecified atom stereocenters. The van der Waals surface area contributed by atoms with E-state index >= 15 is 0 Å². The molecule has 1 aliphatic heterocycles. The number of carbonyl (C=O) groups is 2. The van der Waals surface area contributed by atoms with Gasteiger partial charge in [0.15, 0.2) is 6.10 Å². The lowest BCUT2D eigenvalue weighted by atomic mass is 10.0. The van der Waals surface area contributed by atoms with Gasteiger partial charge in [-0.25, -0.2) is 4.79 Å². The maximum Gasteiger partial charge on any atom is 0.413 e. The number of alkyl carbamates (subject to hydrolysis) is 1. The molecule has 1 atom stereocenters. The third kappa shape index (κ3) is 5.59. The molecule has 2 rings (SSSR count). The number of amidine groups is 1. The Morgan fingerprint density at radius 2 is 1.92 bits per heavy atom. The number of benzene rings is 1. The molecular weight excluding hydrogens is 326 g/mol. The monoisotopic (exact) mass is 347 g/mol. The topological polar surface area (TPSA) is 110 Å². The van der Waals surface area contributed by atoms with Crippen molar-refractivity contribution in [2.75, 3.05) is 0 Å². The van der Waals surface area contributed by atoms with Crippen LogP contribution in [0.2, 0.25) is 0 Å². The van der Waals surface area contributed by atoms with Crippen molar-refractivity contribution in [1.82, 2.24) is 5.32 Å². The van der Waals surface area contributed by atoms with Crippen LogP contribution in [0.1, 0.15) is 51.3 Å². The number of nitrogens with zero attached hydrogens (tertiary/aromatic N) is 1. The molecule has 2 N–H and O–H groups in total. The van der Waals surface area contributed by atoms with Gasteiger partial charge in [-0.2, -0.15) is 0 Å². The highest BCUT2D eigenvalue weighted by Crippen LogP contribution is 2.27. The van der Waals surface area contributed by atoms with Crippen LogP contribution < -0.4 is 5.32 Å². The fraction of sp³-hybridized carbons (Fsp3) is 0.412. The zero-order valence-electron chi connectivity index (χ0n) is 14.6. The summed E-state index contributed by atoms with van der Waals surface area (Å²) in [5, 5.41) is 14.0. The summed E-state index contributed by atoms with van der Waals surface area (Å²) >= 11 is 0. The number of oxime groups is 1. The van der Waals surface area contributed by atoms with E-state index in [1.165, 1.54) is 6.92 Å². The first kappa shape index (κ1) is 18.4. The molecule has 8 nitrogen and oxygen atoms in total. The second-order valence-electron chi connectivity index (χ2n) is 6.50. The summed E-state index contributed by atoms with van der Waals surface area (Å²) in [6, 6.07) is 6.89. The molecule has 1 aliphatic rings. The Balaban J connectivity index is 1.93. The Kier molecular flexibility index (Phi) is 5.41. The predicted molar refractivity (Wildman–Crippen MR) is 90.3 cm³/mol. The van der Waals surface area contributed by atoms with E-state index < -0.39 is 17.7 Å². The average Bonchev–Trinajstić information content (AvgIpc) is 2.93. The number of rotatable bonds is 2. The second-order valence-corrected chi connectivity index (χ2v) is 6.50. The minimum Gasteiger partial charge on any atom is -0.444 e. The Morgan fingerprint density at radius 1 is 1.28 bits per heavy atom. The minimum atomic E-state index is -0.680. The Labute approximate surface area is 145 Å². The third-order valence-electron chi connectivity index (χ3n) is 3.10. The highest BCUT2D eigenvalue weighted by atomic mass is 16.7. The molecule has 8 heteroatoms. The van der Waals surface area contributed by atoms with Gasteiger partial charge in [-0.05, 0) is 26.3 Å². The predicted octanol–water partition coefficient (Wildman–Crippen LogP) is 2.87. The number of hydrogen-bond donors (Lipinski definition) is 2. The summed E-state index contributed by atoms with van der Waals surface area (Å²) in [6.45, 7) is 6.55. The first-order valence-electron chi connectivity index (χ1n) is 7.74. The molecule has 1 heterocycles. The van der Waals surface area contributed by atoms with Crippen molar-refractivity contribution in [2.24, 2.45) is 5.16 Å². The third-order valence-corrected chi connectivity index (χ3v) is 3.10. The van der Waals surface area contributed by atoms with E-state index in [2.05, 4.69) is 10.5 Å². The van der Waals surface area contributed by atoms with Crippen LogP contribution in [0.4, 0.5) is 4.79 Å². The van der Waals surface area contributed by atoms with E-state index in [9.17, 15) is 9.59 Å². The Morgan fingerprint density at radius 3 is 2.48 bits per heavy atom. The summed E-state index contributed by atoms with van der Waals surface area (Å²) < 4.78 is 10.0. The van der Waals surface area contributed by atoms with E-state index in [-0.39, 0.29) is 17.8 Å². The van der Waals surface area contributed by atoms with Crippen molar-refractivity contribution >= 4 is 23.8 Å². The molecule has 0 radical (unpaired) electrons. The van der Waals surface area contributed by atoms with Gasteiger partial charge in [0.2, 0.25) is 5.90 Å². The standard InChI is InChI=1S/C17H21N3O5/c1-10(21)23-14-9-13(25-20-14)11-5-7-12(8-6-11)15(18)19-16(22)24-17(2,3)4/h5-8,13H,9H2,1-4H3,(H2,18,19,22). The Hall–Kier alpha value is -2.90. The zero-order valence-corrected chi connectivity index (χ0v) is 14.6. The van der Waals surface area contributed by atoms with E-state index in [0.29, 0.717) is 12.0 Å². The van der Waals surface area contributed by atoms with Crippen molar-refractivity contribution in [2.45, 2.75) is 45.8 Å². The summed E-state index contributed by atoms with van der Waals surface area (Å²) in [5.74, 6) is -0.272. The number of nitrogens with one attached hydrogen (secondary N) is 2. The molecular formula is C17H21N3O5. The fourth-order valence-electron chi connectivity index (χ4n) is 2.10. The SMILES string of the molecule is CC(=O)OC1=NOC(c2ccc(C(=N)NC(=O)OC(C)(C)C)cc2)C1. The lowest BCUT2D eigenvalue weighted by molar-refractivity contribution is -0.133. The summed E-state index contributed by atoms with van der Waals surface area (Å²) in [4.78, 5) is 27.8. The molecule has 1 amide bonds. The molecule has 0 bridgehead atoms. The van der Waals surface area contributed by atoms with Crippen LogP contribution in [0.5, 0.6) is 0 Å². The highest BCUT2D eigenvalue weighted by molar-refractivity contribution is 6.04. The van der Waals surface area contributed by atoms with Crippen LogP contribution >= 0.6 is 0 Å². The molecule has 0 saturated heterocycles.